The molecule has 1 N–H and O–H groups in total. The van der Waals surface area contributed by atoms with E-state index in [1.165, 1.54) is 0 Å². The standard InChI is InChI=1S/C20H23NO5/c1-4-24-17-11-15(12-18(13-17)25-5-2)19(22)21-16-9-7-14(8-10-16)20(23)26-6-3/h7-13H,4-6H2,1-3H3,(H,21,22). The fourth-order valence-electron chi connectivity index (χ4n) is 2.31. The summed E-state index contributed by atoms with van der Waals surface area (Å²) in [5.74, 6) is 0.454. The summed E-state index contributed by atoms with van der Waals surface area (Å²) in [5.41, 5.74) is 1.43. The van der Waals surface area contributed by atoms with Crippen molar-refractivity contribution in [2.45, 2.75) is 20.8 Å². The second-order valence-corrected chi connectivity index (χ2v) is 5.31. The minimum Gasteiger partial charge on any atom is -0.494 e. The number of hydrogen-bond acceptors (Lipinski definition) is 5. The Bertz CT molecular complexity index is 731. The third-order valence-corrected chi connectivity index (χ3v) is 3.42. The van der Waals surface area contributed by atoms with Crippen molar-refractivity contribution in [3.05, 3.63) is 53.6 Å². The van der Waals surface area contributed by atoms with Gasteiger partial charge < -0.3 is 19.5 Å². The van der Waals surface area contributed by atoms with Gasteiger partial charge in [-0.25, -0.2) is 4.79 Å². The van der Waals surface area contributed by atoms with E-state index in [0.717, 1.165) is 0 Å². The highest BCUT2D eigenvalue weighted by molar-refractivity contribution is 6.05. The summed E-state index contributed by atoms with van der Waals surface area (Å²) in [6.45, 7) is 6.79. The van der Waals surface area contributed by atoms with Crippen molar-refractivity contribution in [1.29, 1.82) is 0 Å². The fraction of sp³-hybridized carbons (Fsp3) is 0.300. The number of nitrogens with one attached hydrogen (secondary N) is 1. The summed E-state index contributed by atoms with van der Waals surface area (Å²) < 4.78 is 15.9. The van der Waals surface area contributed by atoms with Crippen molar-refractivity contribution in [3.8, 4) is 11.5 Å². The molecule has 0 aliphatic heterocycles. The summed E-state index contributed by atoms with van der Waals surface area (Å²) in [6.07, 6.45) is 0. The molecule has 0 fully saturated rings. The van der Waals surface area contributed by atoms with Crippen LogP contribution >= 0.6 is 0 Å². The molecule has 0 saturated carbocycles. The van der Waals surface area contributed by atoms with Crippen LogP contribution < -0.4 is 14.8 Å². The predicted octanol–water partition coefficient (Wildman–Crippen LogP) is 3.91. The Hall–Kier alpha value is -3.02. The minimum absolute atomic E-state index is 0.295. The van der Waals surface area contributed by atoms with Crippen LogP contribution in [0, 0.1) is 0 Å². The van der Waals surface area contributed by atoms with Gasteiger partial charge >= 0.3 is 5.97 Å². The van der Waals surface area contributed by atoms with Gasteiger partial charge in [-0.15, -0.1) is 0 Å². The lowest BCUT2D eigenvalue weighted by atomic mass is 10.1. The summed E-state index contributed by atoms with van der Waals surface area (Å²) in [4.78, 5) is 24.2. The highest BCUT2D eigenvalue weighted by atomic mass is 16.5. The zero-order chi connectivity index (χ0) is 18.9. The molecule has 0 bridgehead atoms. The lowest BCUT2D eigenvalue weighted by Crippen LogP contribution is -2.13. The van der Waals surface area contributed by atoms with Gasteiger partial charge in [-0.2, -0.15) is 0 Å². The number of benzene rings is 2. The smallest absolute Gasteiger partial charge is 0.338 e. The highest BCUT2D eigenvalue weighted by Crippen LogP contribution is 2.24. The van der Waals surface area contributed by atoms with Crippen LogP contribution in [0.25, 0.3) is 0 Å². The van der Waals surface area contributed by atoms with Gasteiger partial charge in [0.15, 0.2) is 0 Å². The highest BCUT2D eigenvalue weighted by Gasteiger charge is 2.12. The largest absolute Gasteiger partial charge is 0.494 e. The van der Waals surface area contributed by atoms with E-state index in [2.05, 4.69) is 5.32 Å². The molecule has 0 spiro atoms. The van der Waals surface area contributed by atoms with E-state index < -0.39 is 5.97 Å². The molecule has 0 saturated heterocycles. The monoisotopic (exact) mass is 357 g/mol. The van der Waals surface area contributed by atoms with Crippen molar-refractivity contribution < 1.29 is 23.8 Å². The maximum atomic E-state index is 12.5. The Kier molecular flexibility index (Phi) is 7.02. The number of carbonyl (C=O) groups is 2. The summed E-state index contributed by atoms with van der Waals surface area (Å²) in [6, 6.07) is 11.6. The van der Waals surface area contributed by atoms with Crippen molar-refractivity contribution in [2.24, 2.45) is 0 Å². The lowest BCUT2D eigenvalue weighted by molar-refractivity contribution is 0.0526. The first-order valence-electron chi connectivity index (χ1n) is 8.56. The maximum absolute atomic E-state index is 12.5. The van der Waals surface area contributed by atoms with E-state index in [4.69, 9.17) is 14.2 Å². The second kappa shape index (κ2) is 9.46. The Morgan fingerprint density at radius 3 is 1.88 bits per heavy atom. The predicted molar refractivity (Wildman–Crippen MR) is 99.1 cm³/mol. The number of esters is 1. The van der Waals surface area contributed by atoms with Crippen LogP contribution in [0.3, 0.4) is 0 Å². The van der Waals surface area contributed by atoms with Gasteiger partial charge in [-0.05, 0) is 57.2 Å². The van der Waals surface area contributed by atoms with Crippen molar-refractivity contribution in [1.82, 2.24) is 0 Å². The van der Waals surface area contributed by atoms with Crippen LogP contribution in [0.1, 0.15) is 41.5 Å². The van der Waals surface area contributed by atoms with Crippen molar-refractivity contribution >= 4 is 17.6 Å². The molecule has 0 heterocycles. The minimum atomic E-state index is -0.392. The number of ether oxygens (including phenoxy) is 3. The number of anilines is 1. The molecule has 0 aliphatic rings. The molecular weight excluding hydrogens is 334 g/mol. The first kappa shape index (κ1) is 19.3. The fourth-order valence-corrected chi connectivity index (χ4v) is 2.31. The van der Waals surface area contributed by atoms with Crippen LogP contribution in [0.2, 0.25) is 0 Å². The number of rotatable bonds is 8. The summed E-state index contributed by atoms with van der Waals surface area (Å²) in [7, 11) is 0. The molecule has 2 aromatic rings. The first-order valence-corrected chi connectivity index (χ1v) is 8.56. The topological polar surface area (TPSA) is 73.9 Å². The third kappa shape index (κ3) is 5.24. The number of hydrogen-bond donors (Lipinski definition) is 1. The van der Waals surface area contributed by atoms with Crippen LogP contribution in [0.5, 0.6) is 11.5 Å². The normalized spacial score (nSPS) is 10.1. The van der Waals surface area contributed by atoms with E-state index >= 15 is 0 Å². The van der Waals surface area contributed by atoms with Gasteiger partial charge in [0, 0.05) is 17.3 Å². The average Bonchev–Trinajstić information content (AvgIpc) is 2.63. The van der Waals surface area contributed by atoms with E-state index in [1.807, 2.05) is 13.8 Å². The molecule has 0 radical (unpaired) electrons. The van der Waals surface area contributed by atoms with Gasteiger partial charge in [0.1, 0.15) is 11.5 Å². The average molecular weight is 357 g/mol. The number of carbonyl (C=O) groups excluding carboxylic acids is 2. The first-order chi connectivity index (χ1) is 12.6. The third-order valence-electron chi connectivity index (χ3n) is 3.42. The maximum Gasteiger partial charge on any atom is 0.338 e. The van der Waals surface area contributed by atoms with Crippen molar-refractivity contribution in [2.75, 3.05) is 25.1 Å². The molecule has 2 rings (SSSR count). The second-order valence-electron chi connectivity index (χ2n) is 5.31. The Labute approximate surface area is 153 Å². The Morgan fingerprint density at radius 1 is 0.808 bits per heavy atom. The molecule has 0 atom stereocenters. The molecule has 0 unspecified atom stereocenters. The van der Waals surface area contributed by atoms with Crippen LogP contribution in [0.4, 0.5) is 5.69 Å². The van der Waals surface area contributed by atoms with Crippen molar-refractivity contribution in [3.63, 3.8) is 0 Å². The quantitative estimate of drug-likeness (QED) is 0.725. The molecule has 26 heavy (non-hydrogen) atoms. The van der Waals surface area contributed by atoms with E-state index in [1.54, 1.807) is 49.4 Å². The molecule has 2 aromatic carbocycles. The summed E-state index contributed by atoms with van der Waals surface area (Å²) in [5, 5.41) is 2.79. The molecule has 0 aromatic heterocycles. The molecule has 1 amide bonds. The summed E-state index contributed by atoms with van der Waals surface area (Å²) >= 11 is 0. The molecular formula is C20H23NO5. The van der Waals surface area contributed by atoms with Crippen LogP contribution in [-0.2, 0) is 4.74 Å². The van der Waals surface area contributed by atoms with E-state index in [0.29, 0.717) is 48.1 Å². The Morgan fingerprint density at radius 2 is 1.38 bits per heavy atom. The van der Waals surface area contributed by atoms with Gasteiger partial charge in [-0.1, -0.05) is 0 Å². The lowest BCUT2D eigenvalue weighted by Gasteiger charge is -2.11. The van der Waals surface area contributed by atoms with Crippen LogP contribution in [-0.4, -0.2) is 31.7 Å². The van der Waals surface area contributed by atoms with Gasteiger partial charge in [0.2, 0.25) is 0 Å². The Balaban J connectivity index is 2.14. The molecule has 138 valence electrons. The van der Waals surface area contributed by atoms with E-state index in [-0.39, 0.29) is 5.91 Å². The van der Waals surface area contributed by atoms with Gasteiger partial charge in [0.05, 0.1) is 25.4 Å². The number of amides is 1. The SMILES string of the molecule is CCOC(=O)c1ccc(NC(=O)c2cc(OCC)cc(OCC)c2)cc1. The zero-order valence-corrected chi connectivity index (χ0v) is 15.2. The van der Waals surface area contributed by atoms with Gasteiger partial charge in [-0.3, -0.25) is 4.79 Å². The molecule has 0 aliphatic carbocycles. The van der Waals surface area contributed by atoms with Gasteiger partial charge in [0.25, 0.3) is 5.91 Å². The molecule has 6 heteroatoms. The van der Waals surface area contributed by atoms with E-state index in [9.17, 15) is 9.59 Å². The van der Waals surface area contributed by atoms with Crippen LogP contribution in [0.15, 0.2) is 42.5 Å². The molecule has 6 nitrogen and oxygen atoms in total. The zero-order valence-electron chi connectivity index (χ0n) is 15.2.